The average Bonchev–Trinajstić information content (AvgIpc) is 2.70. The predicted octanol–water partition coefficient (Wildman–Crippen LogP) is 2.28. The molecular weight excluding hydrogens is 282 g/mol. The van der Waals surface area contributed by atoms with Crippen LogP contribution in [-0.4, -0.2) is 27.6 Å². The van der Waals surface area contributed by atoms with E-state index in [2.05, 4.69) is 26.3 Å². The highest BCUT2D eigenvalue weighted by Crippen LogP contribution is 2.04. The Balaban J connectivity index is 2.38. The average molecular weight is 302 g/mol. The number of nitrogens with one attached hydrogen (secondary N) is 1. The Morgan fingerprint density at radius 2 is 2.24 bits per heavy atom. The molecule has 0 aromatic carbocycles. The number of carbonyl (C=O) groups is 1. The largest absolute Gasteiger partial charge is 0.351 e. The molecule has 0 fully saturated rings. The van der Waals surface area contributed by atoms with E-state index in [4.69, 9.17) is 0 Å². The van der Waals surface area contributed by atoms with Crippen molar-refractivity contribution in [1.82, 2.24) is 15.1 Å². The fourth-order valence-corrected chi connectivity index (χ4v) is 2.00. The van der Waals surface area contributed by atoms with Crippen molar-refractivity contribution in [3.8, 4) is 0 Å². The Labute approximate surface area is 111 Å². The van der Waals surface area contributed by atoms with E-state index in [1.54, 1.807) is 11.7 Å². The molecule has 5 heteroatoms. The monoisotopic (exact) mass is 301 g/mol. The molecule has 1 amide bonds. The van der Waals surface area contributed by atoms with Crippen molar-refractivity contribution in [2.75, 3.05) is 11.9 Å². The van der Waals surface area contributed by atoms with Crippen LogP contribution in [0.25, 0.3) is 0 Å². The predicted molar refractivity (Wildman–Crippen MR) is 72.6 cm³/mol. The topological polar surface area (TPSA) is 46.9 Å². The molecule has 1 aromatic heterocycles. The first kappa shape index (κ1) is 14.2. The van der Waals surface area contributed by atoms with Gasteiger partial charge in [-0.2, -0.15) is 5.10 Å². The van der Waals surface area contributed by atoms with Crippen LogP contribution in [0.4, 0.5) is 0 Å². The summed E-state index contributed by atoms with van der Waals surface area (Å²) in [5.41, 5.74) is 1.60. The van der Waals surface area contributed by atoms with E-state index in [-0.39, 0.29) is 5.91 Å². The van der Waals surface area contributed by atoms with Crippen molar-refractivity contribution in [3.05, 3.63) is 17.5 Å². The van der Waals surface area contributed by atoms with Crippen molar-refractivity contribution in [2.45, 2.75) is 32.6 Å². The van der Waals surface area contributed by atoms with Gasteiger partial charge >= 0.3 is 0 Å². The van der Waals surface area contributed by atoms with E-state index in [1.165, 1.54) is 0 Å². The van der Waals surface area contributed by atoms with E-state index in [1.807, 2.05) is 13.0 Å². The second-order valence-corrected chi connectivity index (χ2v) is 4.80. The molecule has 0 unspecified atom stereocenters. The highest BCUT2D eigenvalue weighted by molar-refractivity contribution is 9.09. The number of aryl methyl sites for hydroxylation is 2. The lowest BCUT2D eigenvalue weighted by molar-refractivity contribution is 0.0943. The number of hydrogen-bond donors (Lipinski definition) is 1. The third kappa shape index (κ3) is 4.50. The number of nitrogens with zero attached hydrogens (tertiary/aromatic N) is 2. The van der Waals surface area contributed by atoms with Crippen molar-refractivity contribution in [2.24, 2.45) is 7.05 Å². The standard InChI is InChI=1S/C12H20BrN3O/c1-3-10-9-11(16(2)15-10)12(17)14-8-6-4-5-7-13/h9H,3-8H2,1-2H3,(H,14,17). The molecule has 1 N–H and O–H groups in total. The van der Waals surface area contributed by atoms with Crippen LogP contribution in [0.5, 0.6) is 0 Å². The maximum atomic E-state index is 11.8. The van der Waals surface area contributed by atoms with Crippen LogP contribution in [0.3, 0.4) is 0 Å². The summed E-state index contributed by atoms with van der Waals surface area (Å²) >= 11 is 3.39. The summed E-state index contributed by atoms with van der Waals surface area (Å²) in [6.07, 6.45) is 4.17. The summed E-state index contributed by atoms with van der Waals surface area (Å²) in [6.45, 7) is 2.77. The molecule has 1 rings (SSSR count). The number of halogens is 1. The van der Waals surface area contributed by atoms with Gasteiger partial charge in [-0.3, -0.25) is 9.48 Å². The van der Waals surface area contributed by atoms with E-state index < -0.39 is 0 Å². The van der Waals surface area contributed by atoms with E-state index in [0.29, 0.717) is 5.69 Å². The summed E-state index contributed by atoms with van der Waals surface area (Å²) in [6, 6.07) is 1.85. The number of unbranched alkanes of at least 4 members (excludes halogenated alkanes) is 2. The first-order chi connectivity index (χ1) is 8.19. The lowest BCUT2D eigenvalue weighted by atomic mass is 10.2. The molecule has 1 heterocycles. The Bertz CT molecular complexity index is 363. The summed E-state index contributed by atoms with van der Waals surface area (Å²) in [7, 11) is 1.80. The minimum absolute atomic E-state index is 0.0291. The van der Waals surface area contributed by atoms with Crippen molar-refractivity contribution < 1.29 is 4.79 Å². The zero-order valence-corrected chi connectivity index (χ0v) is 12.1. The van der Waals surface area contributed by atoms with E-state index in [9.17, 15) is 4.79 Å². The summed E-state index contributed by atoms with van der Waals surface area (Å²) in [5, 5.41) is 8.21. The van der Waals surface area contributed by atoms with Gasteiger partial charge in [0.25, 0.3) is 5.91 Å². The molecule has 0 aliphatic rings. The maximum Gasteiger partial charge on any atom is 0.269 e. The van der Waals surface area contributed by atoms with Gasteiger partial charge in [0, 0.05) is 18.9 Å². The van der Waals surface area contributed by atoms with Gasteiger partial charge in [0.2, 0.25) is 0 Å². The fourth-order valence-electron chi connectivity index (χ4n) is 1.60. The highest BCUT2D eigenvalue weighted by atomic mass is 79.9. The molecule has 1 aromatic rings. The Morgan fingerprint density at radius 1 is 1.47 bits per heavy atom. The normalized spacial score (nSPS) is 10.5. The van der Waals surface area contributed by atoms with Crippen LogP contribution in [-0.2, 0) is 13.5 Å². The molecule has 0 saturated heterocycles. The van der Waals surface area contributed by atoms with Crippen molar-refractivity contribution >= 4 is 21.8 Å². The minimum Gasteiger partial charge on any atom is -0.351 e. The van der Waals surface area contributed by atoms with Gasteiger partial charge in [-0.15, -0.1) is 0 Å². The van der Waals surface area contributed by atoms with Crippen LogP contribution >= 0.6 is 15.9 Å². The molecular formula is C12H20BrN3O. The highest BCUT2D eigenvalue weighted by Gasteiger charge is 2.11. The lowest BCUT2D eigenvalue weighted by Crippen LogP contribution is -2.26. The summed E-state index contributed by atoms with van der Waals surface area (Å²) in [4.78, 5) is 11.8. The molecule has 0 aliphatic heterocycles. The number of amides is 1. The van der Waals surface area contributed by atoms with Crippen LogP contribution in [0.1, 0.15) is 42.4 Å². The van der Waals surface area contributed by atoms with Crippen molar-refractivity contribution in [3.63, 3.8) is 0 Å². The number of alkyl halides is 1. The molecule has 0 spiro atoms. The van der Waals surface area contributed by atoms with Gasteiger partial charge < -0.3 is 5.32 Å². The van der Waals surface area contributed by atoms with Gasteiger partial charge in [-0.05, 0) is 25.3 Å². The molecule has 0 saturated carbocycles. The first-order valence-electron chi connectivity index (χ1n) is 6.06. The lowest BCUT2D eigenvalue weighted by Gasteiger charge is -2.04. The van der Waals surface area contributed by atoms with Crippen LogP contribution in [0.15, 0.2) is 6.07 Å². The number of rotatable bonds is 7. The van der Waals surface area contributed by atoms with Gasteiger partial charge in [0.05, 0.1) is 5.69 Å². The summed E-state index contributed by atoms with van der Waals surface area (Å²) < 4.78 is 1.65. The first-order valence-corrected chi connectivity index (χ1v) is 7.18. The Morgan fingerprint density at radius 3 is 2.82 bits per heavy atom. The Hall–Kier alpha value is -0.840. The third-order valence-electron chi connectivity index (χ3n) is 2.62. The van der Waals surface area contributed by atoms with E-state index >= 15 is 0 Å². The molecule has 0 radical (unpaired) electrons. The van der Waals surface area contributed by atoms with Gasteiger partial charge in [-0.25, -0.2) is 0 Å². The number of hydrogen-bond acceptors (Lipinski definition) is 2. The van der Waals surface area contributed by atoms with Crippen LogP contribution in [0.2, 0.25) is 0 Å². The molecule has 96 valence electrons. The van der Waals surface area contributed by atoms with Crippen LogP contribution < -0.4 is 5.32 Å². The van der Waals surface area contributed by atoms with Gasteiger partial charge in [0.15, 0.2) is 0 Å². The van der Waals surface area contributed by atoms with Crippen LogP contribution in [0, 0.1) is 0 Å². The molecule has 17 heavy (non-hydrogen) atoms. The number of carbonyl (C=O) groups excluding carboxylic acids is 1. The zero-order valence-electron chi connectivity index (χ0n) is 10.5. The zero-order chi connectivity index (χ0) is 12.7. The second kappa shape index (κ2) is 7.48. The SMILES string of the molecule is CCc1cc(C(=O)NCCCCCBr)n(C)n1. The quantitative estimate of drug-likeness (QED) is 0.620. The molecule has 0 aliphatic carbocycles. The smallest absolute Gasteiger partial charge is 0.269 e. The minimum atomic E-state index is -0.0291. The second-order valence-electron chi connectivity index (χ2n) is 4.00. The maximum absolute atomic E-state index is 11.8. The third-order valence-corrected chi connectivity index (χ3v) is 3.18. The van der Waals surface area contributed by atoms with Gasteiger partial charge in [-0.1, -0.05) is 29.3 Å². The molecule has 0 atom stereocenters. The number of aromatic nitrogens is 2. The van der Waals surface area contributed by atoms with Crippen molar-refractivity contribution in [1.29, 1.82) is 0 Å². The fraction of sp³-hybridized carbons (Fsp3) is 0.667. The van der Waals surface area contributed by atoms with E-state index in [0.717, 1.165) is 43.3 Å². The van der Waals surface area contributed by atoms with Gasteiger partial charge in [0.1, 0.15) is 5.69 Å². The molecule has 0 bridgehead atoms. The Kier molecular flexibility index (Phi) is 6.26. The summed E-state index contributed by atoms with van der Waals surface area (Å²) in [5.74, 6) is -0.0291. The molecule has 4 nitrogen and oxygen atoms in total.